The highest BCUT2D eigenvalue weighted by molar-refractivity contribution is 5.96. The summed E-state index contributed by atoms with van der Waals surface area (Å²) in [5.41, 5.74) is 4.02. The Hall–Kier alpha value is -2.37. The second-order valence-corrected chi connectivity index (χ2v) is 7.48. The molecule has 0 atom stereocenters. The number of nitrogens with zero attached hydrogens (tertiary/aromatic N) is 3. The first-order valence-electron chi connectivity index (χ1n) is 9.52. The van der Waals surface area contributed by atoms with E-state index in [0.29, 0.717) is 17.5 Å². The normalized spacial score (nSPS) is 22.1. The SMILES string of the molecule is COc1nc2c(cc1C(=O)NC1CCC(n3cc(C)cn3)CC1)CCC2. The minimum atomic E-state index is -0.0672. The van der Waals surface area contributed by atoms with E-state index in [9.17, 15) is 4.79 Å². The summed E-state index contributed by atoms with van der Waals surface area (Å²) in [5, 5.41) is 7.62. The molecule has 6 nitrogen and oxygen atoms in total. The topological polar surface area (TPSA) is 69.0 Å². The average molecular weight is 354 g/mol. The van der Waals surface area contributed by atoms with E-state index in [4.69, 9.17) is 4.74 Å². The first kappa shape index (κ1) is 17.1. The third-order valence-electron chi connectivity index (χ3n) is 5.59. The minimum absolute atomic E-state index is 0.0672. The van der Waals surface area contributed by atoms with Crippen molar-refractivity contribution in [2.45, 2.75) is 64.0 Å². The number of aromatic nitrogens is 3. The zero-order chi connectivity index (χ0) is 18.1. The van der Waals surface area contributed by atoms with Crippen LogP contribution in [0.4, 0.5) is 0 Å². The standard InChI is InChI=1S/C20H26N4O2/c1-13-11-21-24(12-13)16-8-6-15(7-9-16)22-19(25)17-10-14-4-3-5-18(14)23-20(17)26-2/h10-12,15-16H,3-9H2,1-2H3,(H,22,25). The Bertz CT molecular complexity index is 806. The van der Waals surface area contributed by atoms with E-state index in [1.54, 1.807) is 7.11 Å². The van der Waals surface area contributed by atoms with Crippen molar-refractivity contribution in [3.05, 3.63) is 40.8 Å². The lowest BCUT2D eigenvalue weighted by Gasteiger charge is -2.29. The molecule has 0 spiro atoms. The molecule has 0 bridgehead atoms. The lowest BCUT2D eigenvalue weighted by molar-refractivity contribution is 0.0917. The number of carbonyl (C=O) groups is 1. The van der Waals surface area contributed by atoms with Crippen LogP contribution in [0.15, 0.2) is 18.5 Å². The van der Waals surface area contributed by atoms with Crippen LogP contribution in [0.5, 0.6) is 5.88 Å². The van der Waals surface area contributed by atoms with Gasteiger partial charge in [0.25, 0.3) is 5.91 Å². The number of fused-ring (bicyclic) bond motifs is 1. The van der Waals surface area contributed by atoms with Crippen molar-refractivity contribution >= 4 is 5.91 Å². The van der Waals surface area contributed by atoms with Crippen LogP contribution in [-0.4, -0.2) is 33.8 Å². The van der Waals surface area contributed by atoms with E-state index < -0.39 is 0 Å². The molecule has 0 unspecified atom stereocenters. The van der Waals surface area contributed by atoms with E-state index in [1.165, 1.54) is 11.1 Å². The highest BCUT2D eigenvalue weighted by atomic mass is 16.5. The minimum Gasteiger partial charge on any atom is -0.480 e. The Kier molecular flexibility index (Phi) is 4.66. The smallest absolute Gasteiger partial charge is 0.256 e. The van der Waals surface area contributed by atoms with Gasteiger partial charge in [-0.3, -0.25) is 9.48 Å². The molecule has 6 heteroatoms. The maximum absolute atomic E-state index is 12.8. The molecule has 1 N–H and O–H groups in total. The van der Waals surface area contributed by atoms with Gasteiger partial charge in [0.2, 0.25) is 5.88 Å². The third-order valence-corrected chi connectivity index (χ3v) is 5.59. The molecule has 1 amide bonds. The number of pyridine rings is 1. The van der Waals surface area contributed by atoms with Gasteiger partial charge in [0.05, 0.1) is 19.3 Å². The van der Waals surface area contributed by atoms with Crippen molar-refractivity contribution in [2.24, 2.45) is 0 Å². The van der Waals surface area contributed by atoms with Gasteiger partial charge in [-0.15, -0.1) is 0 Å². The summed E-state index contributed by atoms with van der Waals surface area (Å²) in [6, 6.07) is 2.61. The number of carbonyl (C=O) groups excluding carboxylic acids is 1. The summed E-state index contributed by atoms with van der Waals surface area (Å²) in [4.78, 5) is 17.3. The number of rotatable bonds is 4. The first-order chi connectivity index (χ1) is 12.6. The molecule has 2 aliphatic rings. The number of methoxy groups -OCH3 is 1. The molecular formula is C20H26N4O2. The summed E-state index contributed by atoms with van der Waals surface area (Å²) in [6.45, 7) is 2.06. The van der Waals surface area contributed by atoms with Crippen LogP contribution in [0.1, 0.15) is 65.3 Å². The Morgan fingerprint density at radius 2 is 2.08 bits per heavy atom. The van der Waals surface area contributed by atoms with Gasteiger partial charge in [-0.1, -0.05) is 0 Å². The van der Waals surface area contributed by atoms with Crippen molar-refractivity contribution in [1.82, 2.24) is 20.1 Å². The van der Waals surface area contributed by atoms with E-state index in [2.05, 4.69) is 33.2 Å². The molecule has 26 heavy (non-hydrogen) atoms. The highest BCUT2D eigenvalue weighted by Gasteiger charge is 2.26. The summed E-state index contributed by atoms with van der Waals surface area (Å²) in [6.07, 6.45) is 11.1. The molecule has 0 aromatic carbocycles. The van der Waals surface area contributed by atoms with Gasteiger partial charge in [0.1, 0.15) is 5.56 Å². The molecule has 1 saturated carbocycles. The van der Waals surface area contributed by atoms with Crippen LogP contribution < -0.4 is 10.1 Å². The predicted molar refractivity (Wildman–Crippen MR) is 98.5 cm³/mol. The van der Waals surface area contributed by atoms with Gasteiger partial charge in [-0.25, -0.2) is 4.98 Å². The number of nitrogens with one attached hydrogen (secondary N) is 1. The van der Waals surface area contributed by atoms with Crippen molar-refractivity contribution in [3.63, 3.8) is 0 Å². The maximum Gasteiger partial charge on any atom is 0.256 e. The fraction of sp³-hybridized carbons (Fsp3) is 0.550. The summed E-state index contributed by atoms with van der Waals surface area (Å²) in [5.74, 6) is 0.381. The van der Waals surface area contributed by atoms with Crippen LogP contribution in [0.2, 0.25) is 0 Å². The molecule has 2 aliphatic carbocycles. The molecule has 0 saturated heterocycles. The van der Waals surface area contributed by atoms with Crippen LogP contribution >= 0.6 is 0 Å². The Morgan fingerprint density at radius 1 is 1.27 bits per heavy atom. The molecule has 0 radical (unpaired) electrons. The molecule has 2 aromatic heterocycles. The molecule has 1 fully saturated rings. The van der Waals surface area contributed by atoms with Crippen LogP contribution in [0.3, 0.4) is 0 Å². The fourth-order valence-corrected chi connectivity index (χ4v) is 4.15. The quantitative estimate of drug-likeness (QED) is 0.916. The number of hydrogen-bond acceptors (Lipinski definition) is 4. The highest BCUT2D eigenvalue weighted by Crippen LogP contribution is 2.30. The van der Waals surface area contributed by atoms with Crippen molar-refractivity contribution in [2.75, 3.05) is 7.11 Å². The Morgan fingerprint density at radius 3 is 2.77 bits per heavy atom. The van der Waals surface area contributed by atoms with E-state index in [-0.39, 0.29) is 11.9 Å². The second-order valence-electron chi connectivity index (χ2n) is 7.48. The molecule has 2 aromatic rings. The largest absolute Gasteiger partial charge is 0.480 e. The fourth-order valence-electron chi connectivity index (χ4n) is 4.15. The Balaban J connectivity index is 1.40. The monoisotopic (exact) mass is 354 g/mol. The van der Waals surface area contributed by atoms with Crippen molar-refractivity contribution in [3.8, 4) is 5.88 Å². The van der Waals surface area contributed by atoms with E-state index >= 15 is 0 Å². The number of ether oxygens (including phenoxy) is 1. The van der Waals surface area contributed by atoms with Gasteiger partial charge in [0, 0.05) is 17.9 Å². The maximum atomic E-state index is 12.8. The summed E-state index contributed by atoms with van der Waals surface area (Å²) >= 11 is 0. The number of amides is 1. The van der Waals surface area contributed by atoms with Crippen LogP contribution in [0.25, 0.3) is 0 Å². The molecule has 138 valence electrons. The molecule has 2 heterocycles. The number of hydrogen-bond donors (Lipinski definition) is 1. The van der Waals surface area contributed by atoms with Gasteiger partial charge in [0.15, 0.2) is 0 Å². The third kappa shape index (κ3) is 3.32. The first-order valence-corrected chi connectivity index (χ1v) is 9.52. The van der Waals surface area contributed by atoms with E-state index in [0.717, 1.165) is 50.6 Å². The zero-order valence-corrected chi connectivity index (χ0v) is 15.5. The lowest BCUT2D eigenvalue weighted by atomic mass is 9.91. The number of aryl methyl sites for hydroxylation is 3. The zero-order valence-electron chi connectivity index (χ0n) is 15.5. The van der Waals surface area contributed by atoms with Crippen LogP contribution in [-0.2, 0) is 12.8 Å². The van der Waals surface area contributed by atoms with Crippen LogP contribution in [0, 0.1) is 6.92 Å². The van der Waals surface area contributed by atoms with Crippen molar-refractivity contribution in [1.29, 1.82) is 0 Å². The van der Waals surface area contributed by atoms with Gasteiger partial charge < -0.3 is 10.1 Å². The molecule has 4 rings (SSSR count). The van der Waals surface area contributed by atoms with E-state index in [1.807, 2.05) is 12.3 Å². The van der Waals surface area contributed by atoms with Gasteiger partial charge in [-0.2, -0.15) is 5.10 Å². The summed E-state index contributed by atoms with van der Waals surface area (Å²) < 4.78 is 7.44. The molecular weight excluding hydrogens is 328 g/mol. The molecule has 0 aliphatic heterocycles. The second kappa shape index (κ2) is 7.09. The average Bonchev–Trinajstić information content (AvgIpc) is 3.29. The predicted octanol–water partition coefficient (Wildman–Crippen LogP) is 3.00. The Labute approximate surface area is 154 Å². The van der Waals surface area contributed by atoms with Gasteiger partial charge >= 0.3 is 0 Å². The summed E-state index contributed by atoms with van der Waals surface area (Å²) in [7, 11) is 1.58. The van der Waals surface area contributed by atoms with Gasteiger partial charge in [-0.05, 0) is 69.1 Å². The van der Waals surface area contributed by atoms with Crippen molar-refractivity contribution < 1.29 is 9.53 Å². The lowest BCUT2D eigenvalue weighted by Crippen LogP contribution is -2.38.